The standard InChI is InChI=1S/C31H38N2O5/c1-7-32(8-2)15-16-38-25-11-9-22(10-12-25)21-33-27-14-13-26(34-3)17-23(27)18-28(33)24-19-29(35-4)31(37-6)30(20-24)36-5/h9-14,17-20H,7-8,15-16,21H2,1-6H3. The molecule has 0 saturated heterocycles. The maximum absolute atomic E-state index is 5.99. The molecule has 0 atom stereocenters. The van der Waals surface area contributed by atoms with Crippen LogP contribution in [0.15, 0.2) is 60.7 Å². The Morgan fingerprint density at radius 1 is 0.711 bits per heavy atom. The van der Waals surface area contributed by atoms with Crippen LogP contribution in [-0.4, -0.2) is 64.1 Å². The second kappa shape index (κ2) is 12.6. The largest absolute Gasteiger partial charge is 0.497 e. The zero-order valence-corrected chi connectivity index (χ0v) is 23.2. The third kappa shape index (κ3) is 5.83. The van der Waals surface area contributed by atoms with E-state index in [0.29, 0.717) is 30.4 Å². The van der Waals surface area contributed by atoms with Gasteiger partial charge in [0.15, 0.2) is 11.5 Å². The first-order valence-corrected chi connectivity index (χ1v) is 13.0. The van der Waals surface area contributed by atoms with E-state index in [-0.39, 0.29) is 0 Å². The van der Waals surface area contributed by atoms with Crippen LogP contribution in [0.1, 0.15) is 19.4 Å². The molecule has 3 aromatic carbocycles. The summed E-state index contributed by atoms with van der Waals surface area (Å²) in [5, 5.41) is 1.09. The Morgan fingerprint density at radius 3 is 1.95 bits per heavy atom. The molecule has 7 nitrogen and oxygen atoms in total. The van der Waals surface area contributed by atoms with E-state index in [9.17, 15) is 0 Å². The minimum Gasteiger partial charge on any atom is -0.497 e. The van der Waals surface area contributed by atoms with Crippen LogP contribution in [-0.2, 0) is 6.54 Å². The van der Waals surface area contributed by atoms with Crippen molar-refractivity contribution in [1.82, 2.24) is 9.47 Å². The first-order valence-electron chi connectivity index (χ1n) is 13.0. The normalized spacial score (nSPS) is 11.1. The van der Waals surface area contributed by atoms with Gasteiger partial charge in [-0.2, -0.15) is 0 Å². The fourth-order valence-corrected chi connectivity index (χ4v) is 4.72. The highest BCUT2D eigenvalue weighted by atomic mass is 16.5. The lowest BCUT2D eigenvalue weighted by Gasteiger charge is -2.18. The smallest absolute Gasteiger partial charge is 0.203 e. The summed E-state index contributed by atoms with van der Waals surface area (Å²) in [7, 11) is 6.56. The van der Waals surface area contributed by atoms with Gasteiger partial charge in [0.05, 0.1) is 28.4 Å². The van der Waals surface area contributed by atoms with Crippen molar-refractivity contribution in [3.63, 3.8) is 0 Å². The summed E-state index contributed by atoms with van der Waals surface area (Å²) in [6.45, 7) is 8.69. The molecule has 7 heteroatoms. The highest BCUT2D eigenvalue weighted by Gasteiger charge is 2.18. The van der Waals surface area contributed by atoms with Crippen molar-refractivity contribution in [2.75, 3.05) is 54.7 Å². The molecular weight excluding hydrogens is 480 g/mol. The molecule has 0 aliphatic carbocycles. The van der Waals surface area contributed by atoms with E-state index in [0.717, 1.165) is 53.3 Å². The number of hydrogen-bond acceptors (Lipinski definition) is 6. The Bertz CT molecular complexity index is 1320. The van der Waals surface area contributed by atoms with Crippen LogP contribution in [0.4, 0.5) is 0 Å². The van der Waals surface area contributed by atoms with Crippen molar-refractivity contribution in [2.45, 2.75) is 20.4 Å². The second-order valence-electron chi connectivity index (χ2n) is 8.97. The van der Waals surface area contributed by atoms with Crippen molar-refractivity contribution in [3.8, 4) is 40.0 Å². The molecule has 4 aromatic rings. The number of methoxy groups -OCH3 is 4. The van der Waals surface area contributed by atoms with Crippen molar-refractivity contribution in [2.24, 2.45) is 0 Å². The Kier molecular flexibility index (Phi) is 9.02. The van der Waals surface area contributed by atoms with E-state index in [1.165, 1.54) is 5.56 Å². The van der Waals surface area contributed by atoms with E-state index < -0.39 is 0 Å². The fraction of sp³-hybridized carbons (Fsp3) is 0.355. The second-order valence-corrected chi connectivity index (χ2v) is 8.97. The Balaban J connectivity index is 1.68. The molecule has 0 bridgehead atoms. The summed E-state index contributed by atoms with van der Waals surface area (Å²) in [6.07, 6.45) is 0. The highest BCUT2D eigenvalue weighted by molar-refractivity contribution is 5.89. The zero-order valence-electron chi connectivity index (χ0n) is 23.2. The number of hydrogen-bond donors (Lipinski definition) is 0. The Labute approximate surface area is 225 Å². The van der Waals surface area contributed by atoms with Gasteiger partial charge in [-0.25, -0.2) is 0 Å². The van der Waals surface area contributed by atoms with E-state index in [4.69, 9.17) is 23.7 Å². The van der Waals surface area contributed by atoms with Crippen LogP contribution in [0.3, 0.4) is 0 Å². The first kappa shape index (κ1) is 27.2. The summed E-state index contributed by atoms with van der Waals surface area (Å²) in [4.78, 5) is 2.35. The molecule has 202 valence electrons. The molecule has 0 spiro atoms. The summed E-state index contributed by atoms with van der Waals surface area (Å²) in [6, 6.07) is 20.6. The van der Waals surface area contributed by atoms with E-state index in [1.54, 1.807) is 28.4 Å². The van der Waals surface area contributed by atoms with Gasteiger partial charge in [-0.05, 0) is 67.2 Å². The monoisotopic (exact) mass is 518 g/mol. The lowest BCUT2D eigenvalue weighted by Crippen LogP contribution is -2.27. The number of aromatic nitrogens is 1. The van der Waals surface area contributed by atoms with Gasteiger partial charge in [-0.3, -0.25) is 0 Å². The number of benzene rings is 3. The van der Waals surface area contributed by atoms with Gasteiger partial charge >= 0.3 is 0 Å². The van der Waals surface area contributed by atoms with Gasteiger partial charge in [0.2, 0.25) is 5.75 Å². The molecule has 38 heavy (non-hydrogen) atoms. The highest BCUT2D eigenvalue weighted by Crippen LogP contribution is 2.42. The Hall–Kier alpha value is -3.84. The lowest BCUT2D eigenvalue weighted by atomic mass is 10.1. The summed E-state index contributed by atoms with van der Waals surface area (Å²) < 4.78 is 30.6. The minimum absolute atomic E-state index is 0.569. The summed E-state index contributed by atoms with van der Waals surface area (Å²) in [5.74, 6) is 3.50. The molecule has 1 heterocycles. The third-order valence-corrected chi connectivity index (χ3v) is 6.90. The SMILES string of the molecule is CCN(CC)CCOc1ccc(Cn2c(-c3cc(OC)c(OC)c(OC)c3)cc3cc(OC)ccc32)cc1. The topological polar surface area (TPSA) is 54.3 Å². The van der Waals surface area contributed by atoms with Gasteiger partial charge in [0.25, 0.3) is 0 Å². The summed E-state index contributed by atoms with van der Waals surface area (Å²) >= 11 is 0. The van der Waals surface area contributed by atoms with Crippen LogP contribution in [0.2, 0.25) is 0 Å². The molecule has 0 radical (unpaired) electrons. The average Bonchev–Trinajstić information content (AvgIpc) is 3.32. The van der Waals surface area contributed by atoms with Gasteiger partial charge < -0.3 is 33.2 Å². The predicted octanol–water partition coefficient (Wildman–Crippen LogP) is 6.11. The summed E-state index contributed by atoms with van der Waals surface area (Å²) in [5.41, 5.74) is 4.27. The molecule has 0 aliphatic rings. The van der Waals surface area contributed by atoms with Crippen molar-refractivity contribution < 1.29 is 23.7 Å². The Morgan fingerprint density at radius 2 is 1.37 bits per heavy atom. The average molecular weight is 519 g/mol. The molecule has 0 saturated carbocycles. The van der Waals surface area contributed by atoms with Crippen molar-refractivity contribution in [3.05, 3.63) is 66.2 Å². The van der Waals surface area contributed by atoms with Crippen LogP contribution in [0.5, 0.6) is 28.7 Å². The van der Waals surface area contributed by atoms with Gasteiger partial charge in [0.1, 0.15) is 18.1 Å². The van der Waals surface area contributed by atoms with E-state index in [2.05, 4.69) is 53.6 Å². The number of rotatable bonds is 13. The number of fused-ring (bicyclic) bond motifs is 1. The first-order chi connectivity index (χ1) is 18.5. The van der Waals surface area contributed by atoms with Gasteiger partial charge in [0, 0.05) is 35.2 Å². The molecule has 0 fully saturated rings. The fourth-order valence-electron chi connectivity index (χ4n) is 4.72. The zero-order chi connectivity index (χ0) is 27.1. The van der Waals surface area contributed by atoms with Crippen molar-refractivity contribution in [1.29, 1.82) is 0 Å². The molecule has 0 amide bonds. The van der Waals surface area contributed by atoms with Crippen LogP contribution in [0, 0.1) is 0 Å². The minimum atomic E-state index is 0.569. The third-order valence-electron chi connectivity index (χ3n) is 6.90. The molecule has 0 N–H and O–H groups in total. The quantitative estimate of drug-likeness (QED) is 0.213. The maximum atomic E-state index is 5.99. The van der Waals surface area contributed by atoms with E-state index in [1.807, 2.05) is 30.3 Å². The van der Waals surface area contributed by atoms with Crippen LogP contribution in [0.25, 0.3) is 22.2 Å². The molecule has 1 aromatic heterocycles. The molecule has 0 unspecified atom stereocenters. The molecular formula is C31H38N2O5. The number of likely N-dealkylation sites (N-methyl/N-ethyl adjacent to an activating group) is 1. The van der Waals surface area contributed by atoms with Gasteiger partial charge in [-0.15, -0.1) is 0 Å². The van der Waals surface area contributed by atoms with E-state index >= 15 is 0 Å². The maximum Gasteiger partial charge on any atom is 0.203 e. The number of nitrogens with zero attached hydrogens (tertiary/aromatic N) is 2. The van der Waals surface area contributed by atoms with Crippen LogP contribution < -0.4 is 23.7 Å². The molecule has 4 rings (SSSR count). The molecule has 0 aliphatic heterocycles. The lowest BCUT2D eigenvalue weighted by molar-refractivity contribution is 0.223. The predicted molar refractivity (Wildman–Crippen MR) is 152 cm³/mol. The van der Waals surface area contributed by atoms with Gasteiger partial charge in [-0.1, -0.05) is 26.0 Å². The van der Waals surface area contributed by atoms with Crippen molar-refractivity contribution >= 4 is 10.9 Å². The van der Waals surface area contributed by atoms with Crippen LogP contribution >= 0.6 is 0 Å². The number of ether oxygens (including phenoxy) is 5.